The minimum Gasteiger partial charge on any atom is -0.381 e. The fraction of sp³-hybridized carbons (Fsp3) is 0.409. The second kappa shape index (κ2) is 11.2. The molecule has 41 heavy (non-hydrogen) atoms. The Bertz CT molecular complexity index is 1350. The molecule has 1 atom stereocenters. The Morgan fingerprint density at radius 2 is 1.27 bits per heavy atom. The molecule has 0 aliphatic carbocycles. The summed E-state index contributed by atoms with van der Waals surface area (Å²) in [6, 6.07) is 0.377. The van der Waals surface area contributed by atoms with Crippen LogP contribution in [0.2, 0.25) is 0 Å². The zero-order valence-corrected chi connectivity index (χ0v) is 21.0. The quantitative estimate of drug-likeness (QED) is 0.345. The molecule has 0 unspecified atom stereocenters. The average Bonchev–Trinajstić information content (AvgIpc) is 2.77. The van der Waals surface area contributed by atoms with Crippen molar-refractivity contribution in [1.29, 1.82) is 0 Å². The number of anilines is 1. The molecular formula is C22H18F12N2O4S. The van der Waals surface area contributed by atoms with Gasteiger partial charge in [0, 0.05) is 18.5 Å². The number of hydrogen-bond donors (Lipinski definition) is 3. The largest absolute Gasteiger partial charge is 0.423 e. The van der Waals surface area contributed by atoms with E-state index in [9.17, 15) is 71.0 Å². The molecule has 3 N–H and O–H groups in total. The molecule has 230 valence electrons. The Morgan fingerprint density at radius 3 is 1.68 bits per heavy atom. The SMILES string of the molecule is CS(=O)(=O)CC(=O)NCc1ccc(NC[C@](O)(c2cc(C(F)(F)F)cc(C(F)(F)F)c2)C(F)(F)F)cc1C(F)(F)F. The number of carbonyl (C=O) groups excluding carboxylic acids is 1. The summed E-state index contributed by atoms with van der Waals surface area (Å²) in [5.41, 5.74) is -13.7. The van der Waals surface area contributed by atoms with Gasteiger partial charge >= 0.3 is 24.7 Å². The summed E-state index contributed by atoms with van der Waals surface area (Å²) in [6.45, 7) is -2.79. The lowest BCUT2D eigenvalue weighted by atomic mass is 9.89. The molecule has 0 saturated heterocycles. The molecule has 19 heteroatoms. The average molecular weight is 634 g/mol. The summed E-state index contributed by atoms with van der Waals surface area (Å²) in [7, 11) is -3.84. The van der Waals surface area contributed by atoms with Gasteiger partial charge in [-0.15, -0.1) is 0 Å². The Balaban J connectivity index is 2.49. The van der Waals surface area contributed by atoms with Crippen molar-refractivity contribution in [2.45, 2.75) is 36.9 Å². The first-order chi connectivity index (χ1) is 18.2. The molecule has 0 aliphatic rings. The van der Waals surface area contributed by atoms with Crippen LogP contribution in [0.25, 0.3) is 0 Å². The van der Waals surface area contributed by atoms with Gasteiger partial charge in [0.2, 0.25) is 11.5 Å². The Kier molecular flexibility index (Phi) is 9.30. The maximum atomic E-state index is 13.9. The van der Waals surface area contributed by atoms with Crippen LogP contribution in [-0.4, -0.2) is 44.2 Å². The highest BCUT2D eigenvalue weighted by atomic mass is 32.2. The van der Waals surface area contributed by atoms with Crippen molar-refractivity contribution in [3.63, 3.8) is 0 Å². The van der Waals surface area contributed by atoms with Crippen molar-refractivity contribution in [3.8, 4) is 0 Å². The van der Waals surface area contributed by atoms with Gasteiger partial charge in [0.25, 0.3) is 0 Å². The minimum atomic E-state index is -5.93. The molecule has 2 aromatic carbocycles. The van der Waals surface area contributed by atoms with Gasteiger partial charge in [-0.1, -0.05) is 6.07 Å². The standard InChI is InChI=1S/C22H18F12N2O4S/c1-41(39,40)9-17(37)35-8-11-2-3-15(7-16(11)21(29,30)31)36-10-18(38,22(32,33)34)12-4-13(19(23,24)25)6-14(5-12)20(26,27)28/h2-7,36,38H,8-10H2,1H3,(H,35,37)/t18-/m0/s1. The van der Waals surface area contributed by atoms with Gasteiger partial charge in [0.1, 0.15) is 5.75 Å². The van der Waals surface area contributed by atoms with Crippen molar-refractivity contribution >= 4 is 21.4 Å². The number of benzene rings is 2. The van der Waals surface area contributed by atoms with E-state index in [1.165, 1.54) is 0 Å². The summed E-state index contributed by atoms with van der Waals surface area (Å²) in [6.07, 6.45) is -21.6. The lowest BCUT2D eigenvalue weighted by Crippen LogP contribution is -2.48. The van der Waals surface area contributed by atoms with Gasteiger partial charge in [0.15, 0.2) is 9.84 Å². The van der Waals surface area contributed by atoms with Crippen LogP contribution in [0.4, 0.5) is 58.4 Å². The molecule has 6 nitrogen and oxygen atoms in total. The Morgan fingerprint density at radius 1 is 0.780 bits per heavy atom. The van der Waals surface area contributed by atoms with Crippen LogP contribution in [0.5, 0.6) is 0 Å². The van der Waals surface area contributed by atoms with Crippen molar-refractivity contribution in [1.82, 2.24) is 5.32 Å². The van der Waals surface area contributed by atoms with E-state index < -0.39 is 104 Å². The maximum Gasteiger partial charge on any atom is 0.423 e. The molecule has 0 saturated carbocycles. The minimum absolute atomic E-state index is 0.210. The third kappa shape index (κ3) is 8.88. The molecule has 1 amide bonds. The lowest BCUT2D eigenvalue weighted by molar-refractivity contribution is -0.261. The molecule has 0 radical (unpaired) electrons. The third-order valence-corrected chi connectivity index (χ3v) is 6.15. The fourth-order valence-corrected chi connectivity index (χ4v) is 3.96. The van der Waals surface area contributed by atoms with Crippen LogP contribution in [0.1, 0.15) is 27.8 Å². The van der Waals surface area contributed by atoms with Gasteiger partial charge in [-0.3, -0.25) is 4.79 Å². The first kappa shape index (κ1) is 34.0. The van der Waals surface area contributed by atoms with E-state index in [2.05, 4.69) is 0 Å². The Hall–Kier alpha value is -3.22. The molecule has 2 aromatic rings. The summed E-state index contributed by atoms with van der Waals surface area (Å²) in [5, 5.41) is 14.0. The predicted octanol–water partition coefficient (Wildman–Crippen LogP) is 5.27. The van der Waals surface area contributed by atoms with Crippen molar-refractivity contribution in [2.24, 2.45) is 0 Å². The molecule has 0 fully saturated rings. The van der Waals surface area contributed by atoms with Crippen LogP contribution in [-0.2, 0) is 45.3 Å². The van der Waals surface area contributed by atoms with Gasteiger partial charge < -0.3 is 15.7 Å². The van der Waals surface area contributed by atoms with Gasteiger partial charge in [0.05, 0.1) is 23.2 Å². The number of nitrogens with one attached hydrogen (secondary N) is 2. The van der Waals surface area contributed by atoms with Crippen LogP contribution >= 0.6 is 0 Å². The number of alkyl halides is 12. The topological polar surface area (TPSA) is 95.5 Å². The van der Waals surface area contributed by atoms with Crippen LogP contribution < -0.4 is 10.6 Å². The zero-order valence-electron chi connectivity index (χ0n) is 20.2. The van der Waals surface area contributed by atoms with E-state index in [1.54, 1.807) is 5.32 Å². The summed E-state index contributed by atoms with van der Waals surface area (Å²) >= 11 is 0. The fourth-order valence-electron chi connectivity index (χ4n) is 3.38. The van der Waals surface area contributed by atoms with Crippen molar-refractivity contribution < 1.29 is 71.0 Å². The van der Waals surface area contributed by atoms with Crippen LogP contribution in [0, 0.1) is 0 Å². The first-order valence-corrected chi connectivity index (χ1v) is 12.8. The van der Waals surface area contributed by atoms with Crippen LogP contribution in [0.3, 0.4) is 0 Å². The number of amides is 1. The Labute approximate surface area is 223 Å². The van der Waals surface area contributed by atoms with Crippen LogP contribution in [0.15, 0.2) is 36.4 Å². The van der Waals surface area contributed by atoms with E-state index in [0.717, 1.165) is 6.07 Å². The molecule has 0 spiro atoms. The van der Waals surface area contributed by atoms with Gasteiger partial charge in [-0.2, -0.15) is 52.7 Å². The number of hydrogen-bond acceptors (Lipinski definition) is 5. The van der Waals surface area contributed by atoms with Crippen molar-refractivity contribution in [2.75, 3.05) is 23.9 Å². The molecule has 0 aliphatic heterocycles. The second-order valence-corrected chi connectivity index (χ2v) is 10.9. The highest BCUT2D eigenvalue weighted by Crippen LogP contribution is 2.44. The van der Waals surface area contributed by atoms with Gasteiger partial charge in [-0.25, -0.2) is 8.42 Å². The number of carbonyl (C=O) groups is 1. The second-order valence-electron chi connectivity index (χ2n) is 8.72. The highest BCUT2D eigenvalue weighted by molar-refractivity contribution is 7.91. The third-order valence-electron chi connectivity index (χ3n) is 5.37. The number of rotatable bonds is 8. The smallest absolute Gasteiger partial charge is 0.381 e. The lowest BCUT2D eigenvalue weighted by Gasteiger charge is -2.32. The zero-order chi connectivity index (χ0) is 31.8. The monoisotopic (exact) mass is 634 g/mol. The molecular weight excluding hydrogens is 616 g/mol. The number of aliphatic hydroxyl groups is 1. The van der Waals surface area contributed by atoms with E-state index in [1.807, 2.05) is 5.32 Å². The maximum absolute atomic E-state index is 13.9. The highest BCUT2D eigenvalue weighted by Gasteiger charge is 2.56. The predicted molar refractivity (Wildman–Crippen MR) is 118 cm³/mol. The first-order valence-electron chi connectivity index (χ1n) is 10.7. The van der Waals surface area contributed by atoms with Gasteiger partial charge in [-0.05, 0) is 41.5 Å². The van der Waals surface area contributed by atoms with E-state index >= 15 is 0 Å². The van der Waals surface area contributed by atoms with Crippen molar-refractivity contribution in [3.05, 3.63) is 64.2 Å². The summed E-state index contributed by atoms with van der Waals surface area (Å²) < 4.78 is 183. The summed E-state index contributed by atoms with van der Waals surface area (Å²) in [4.78, 5) is 11.6. The number of halogens is 12. The normalized spacial score (nSPS) is 14.9. The molecule has 0 heterocycles. The number of sulfone groups is 1. The summed E-state index contributed by atoms with van der Waals surface area (Å²) in [5.74, 6) is -2.23. The van der Waals surface area contributed by atoms with E-state index in [4.69, 9.17) is 0 Å². The van der Waals surface area contributed by atoms with E-state index in [0.29, 0.717) is 12.3 Å². The molecule has 2 rings (SSSR count). The molecule has 0 bridgehead atoms. The molecule has 0 aromatic heterocycles. The van der Waals surface area contributed by atoms with E-state index in [-0.39, 0.29) is 18.2 Å².